The number of amides is 2. The van der Waals surface area contributed by atoms with Crippen LogP contribution < -0.4 is 20.5 Å². The number of rotatable bonds is 8. The van der Waals surface area contributed by atoms with E-state index in [1.54, 1.807) is 12.1 Å². The van der Waals surface area contributed by atoms with Crippen LogP contribution >= 0.6 is 23.4 Å². The number of primary amides is 1. The molecule has 1 aliphatic carbocycles. The van der Waals surface area contributed by atoms with Crippen molar-refractivity contribution in [3.8, 4) is 11.5 Å². The number of fused-ring (bicyclic) bond motifs is 1. The van der Waals surface area contributed by atoms with Crippen molar-refractivity contribution in [1.29, 1.82) is 0 Å². The van der Waals surface area contributed by atoms with Gasteiger partial charge in [-0.1, -0.05) is 23.4 Å². The zero-order valence-corrected chi connectivity index (χ0v) is 17.1. The average Bonchev–Trinajstić information content (AvgIpc) is 3.45. The van der Waals surface area contributed by atoms with Crippen LogP contribution in [-0.2, 0) is 16.1 Å². The molecule has 1 fully saturated rings. The van der Waals surface area contributed by atoms with E-state index in [4.69, 9.17) is 26.8 Å². The minimum absolute atomic E-state index is 0.115. The summed E-state index contributed by atoms with van der Waals surface area (Å²) in [7, 11) is 0. The highest BCUT2D eigenvalue weighted by atomic mass is 35.5. The Labute approximate surface area is 176 Å². The number of aromatic nitrogens is 3. The van der Waals surface area contributed by atoms with E-state index in [1.807, 2.05) is 4.57 Å². The minimum atomic E-state index is -0.387. The van der Waals surface area contributed by atoms with E-state index in [9.17, 15) is 9.59 Å². The number of nitrogens with two attached hydrogens (primary N) is 1. The third-order valence-electron chi connectivity index (χ3n) is 4.51. The molecule has 29 heavy (non-hydrogen) atoms. The maximum atomic E-state index is 12.4. The lowest BCUT2D eigenvalue weighted by Gasteiger charge is -2.20. The first-order valence-electron chi connectivity index (χ1n) is 9.24. The smallest absolute Gasteiger partial charge is 0.234 e. The summed E-state index contributed by atoms with van der Waals surface area (Å²) in [4.78, 5) is 23.6. The summed E-state index contributed by atoms with van der Waals surface area (Å²) in [5.74, 6) is 1.81. The van der Waals surface area contributed by atoms with Gasteiger partial charge in [0.05, 0.1) is 16.5 Å². The second kappa shape index (κ2) is 8.50. The van der Waals surface area contributed by atoms with Crippen LogP contribution in [0, 0.1) is 0 Å². The van der Waals surface area contributed by atoms with E-state index in [-0.39, 0.29) is 24.0 Å². The highest BCUT2D eigenvalue weighted by Crippen LogP contribution is 2.40. The Morgan fingerprint density at radius 1 is 1.24 bits per heavy atom. The van der Waals surface area contributed by atoms with Gasteiger partial charge in [0.25, 0.3) is 0 Å². The topological polar surface area (TPSA) is 121 Å². The Bertz CT molecular complexity index is 947. The molecule has 1 aromatic carbocycles. The summed E-state index contributed by atoms with van der Waals surface area (Å²) in [5.41, 5.74) is 5.73. The van der Waals surface area contributed by atoms with E-state index in [1.165, 1.54) is 11.8 Å². The number of carbonyl (C=O) groups excluding carboxylic acids is 2. The quantitative estimate of drug-likeness (QED) is 0.607. The fourth-order valence-electron chi connectivity index (χ4n) is 2.96. The molecule has 0 bridgehead atoms. The Balaban J connectivity index is 1.40. The van der Waals surface area contributed by atoms with Gasteiger partial charge in [-0.05, 0) is 12.8 Å². The molecule has 0 unspecified atom stereocenters. The first-order valence-corrected chi connectivity index (χ1v) is 10.6. The standard InChI is InChI=1S/C18H20ClN5O4S/c19-11-7-13-14(28-6-5-27-13)8-12(11)21-16(26)9-29-18-23-22-17(10-1-2-10)24(18)4-3-15(20)25/h7-8,10H,1-6,9H2,(H2,20,25)(H,21,26). The monoisotopic (exact) mass is 437 g/mol. The Morgan fingerprint density at radius 3 is 2.66 bits per heavy atom. The molecule has 2 heterocycles. The maximum absolute atomic E-state index is 12.4. The summed E-state index contributed by atoms with van der Waals surface area (Å²) in [6.07, 6.45) is 2.31. The Morgan fingerprint density at radius 2 is 1.97 bits per heavy atom. The van der Waals surface area contributed by atoms with Crippen molar-refractivity contribution in [3.05, 3.63) is 23.0 Å². The first-order chi connectivity index (χ1) is 14.0. The highest BCUT2D eigenvalue weighted by Gasteiger charge is 2.30. The first kappa shape index (κ1) is 19.8. The van der Waals surface area contributed by atoms with E-state index in [2.05, 4.69) is 15.5 Å². The molecule has 4 rings (SSSR count). The molecule has 2 aromatic rings. The van der Waals surface area contributed by atoms with Crippen LogP contribution in [0.2, 0.25) is 5.02 Å². The molecule has 11 heteroatoms. The largest absolute Gasteiger partial charge is 0.486 e. The average molecular weight is 438 g/mol. The van der Waals surface area contributed by atoms with Crippen LogP contribution in [0.1, 0.15) is 31.0 Å². The fourth-order valence-corrected chi connectivity index (χ4v) is 3.93. The predicted octanol–water partition coefficient (Wildman–Crippen LogP) is 2.19. The molecule has 2 amide bonds. The van der Waals surface area contributed by atoms with Crippen LogP contribution in [-0.4, -0.2) is 45.5 Å². The van der Waals surface area contributed by atoms with Crippen LogP contribution in [0.5, 0.6) is 11.5 Å². The number of hydrogen-bond donors (Lipinski definition) is 2. The predicted molar refractivity (Wildman–Crippen MR) is 108 cm³/mol. The van der Waals surface area contributed by atoms with Gasteiger partial charge in [-0.25, -0.2) is 0 Å². The highest BCUT2D eigenvalue weighted by molar-refractivity contribution is 7.99. The Kier molecular flexibility index (Phi) is 5.81. The van der Waals surface area contributed by atoms with Crippen LogP contribution in [0.4, 0.5) is 5.69 Å². The molecule has 154 valence electrons. The number of ether oxygens (including phenoxy) is 2. The van der Waals surface area contributed by atoms with Gasteiger partial charge in [0.15, 0.2) is 16.7 Å². The third kappa shape index (κ3) is 4.76. The molecule has 0 atom stereocenters. The summed E-state index contributed by atoms with van der Waals surface area (Å²) < 4.78 is 12.9. The molecule has 3 N–H and O–H groups in total. The maximum Gasteiger partial charge on any atom is 0.234 e. The number of hydrogen-bond acceptors (Lipinski definition) is 7. The lowest BCUT2D eigenvalue weighted by molar-refractivity contribution is -0.118. The number of halogens is 1. The molecule has 0 spiro atoms. The SMILES string of the molecule is NC(=O)CCn1c(SCC(=O)Nc2cc3c(cc2Cl)OCCO3)nnc1C1CC1. The Hall–Kier alpha value is -2.46. The van der Waals surface area contributed by atoms with Gasteiger partial charge >= 0.3 is 0 Å². The van der Waals surface area contributed by atoms with Crippen molar-refractivity contribution < 1.29 is 19.1 Å². The number of nitrogens with one attached hydrogen (secondary N) is 1. The van der Waals surface area contributed by atoms with Crippen LogP contribution in [0.3, 0.4) is 0 Å². The van der Waals surface area contributed by atoms with Crippen molar-refractivity contribution >= 4 is 40.9 Å². The molecule has 1 aliphatic heterocycles. The second-order valence-corrected chi connectivity index (χ2v) is 8.15. The number of nitrogens with zero attached hydrogens (tertiary/aromatic N) is 3. The third-order valence-corrected chi connectivity index (χ3v) is 5.79. The minimum Gasteiger partial charge on any atom is -0.486 e. The van der Waals surface area contributed by atoms with Crippen molar-refractivity contribution in [2.24, 2.45) is 5.73 Å². The lowest BCUT2D eigenvalue weighted by atomic mass is 10.2. The zero-order chi connectivity index (χ0) is 20.4. The fraction of sp³-hybridized carbons (Fsp3) is 0.444. The summed E-state index contributed by atoms with van der Waals surface area (Å²) >= 11 is 7.49. The normalized spacial score (nSPS) is 15.2. The molecular formula is C18H20ClN5O4S. The van der Waals surface area contributed by atoms with Crippen LogP contribution in [0.15, 0.2) is 17.3 Å². The summed E-state index contributed by atoms with van der Waals surface area (Å²) in [5, 5.41) is 12.2. The molecular weight excluding hydrogens is 418 g/mol. The summed E-state index contributed by atoms with van der Waals surface area (Å²) in [6.45, 7) is 1.32. The van der Waals surface area contributed by atoms with Gasteiger partial charge in [-0.2, -0.15) is 0 Å². The van der Waals surface area contributed by atoms with E-state index < -0.39 is 0 Å². The van der Waals surface area contributed by atoms with Gasteiger partial charge in [-0.15, -0.1) is 10.2 Å². The van der Waals surface area contributed by atoms with Gasteiger partial charge in [0, 0.05) is 31.0 Å². The van der Waals surface area contributed by atoms with Gasteiger partial charge < -0.3 is 25.1 Å². The van der Waals surface area contributed by atoms with E-state index in [0.717, 1.165) is 18.7 Å². The van der Waals surface area contributed by atoms with Gasteiger partial charge in [0.1, 0.15) is 19.0 Å². The molecule has 1 aromatic heterocycles. The van der Waals surface area contributed by atoms with Gasteiger partial charge in [-0.3, -0.25) is 9.59 Å². The number of anilines is 1. The second-order valence-electron chi connectivity index (χ2n) is 6.80. The number of benzene rings is 1. The van der Waals surface area contributed by atoms with E-state index >= 15 is 0 Å². The van der Waals surface area contributed by atoms with Crippen molar-refractivity contribution in [2.45, 2.75) is 36.9 Å². The van der Waals surface area contributed by atoms with Crippen LogP contribution in [0.25, 0.3) is 0 Å². The van der Waals surface area contributed by atoms with Crippen molar-refractivity contribution in [3.63, 3.8) is 0 Å². The van der Waals surface area contributed by atoms with Gasteiger partial charge in [0.2, 0.25) is 11.8 Å². The molecule has 2 aliphatic rings. The number of thioether (sulfide) groups is 1. The van der Waals surface area contributed by atoms with E-state index in [0.29, 0.717) is 53.0 Å². The van der Waals surface area contributed by atoms with Crippen molar-refractivity contribution in [2.75, 3.05) is 24.3 Å². The molecule has 0 saturated heterocycles. The molecule has 9 nitrogen and oxygen atoms in total. The number of carbonyl (C=O) groups is 2. The zero-order valence-electron chi connectivity index (χ0n) is 15.5. The lowest BCUT2D eigenvalue weighted by Crippen LogP contribution is -2.18. The van der Waals surface area contributed by atoms with Crippen molar-refractivity contribution in [1.82, 2.24) is 14.8 Å². The molecule has 0 radical (unpaired) electrons. The molecule has 1 saturated carbocycles. The summed E-state index contributed by atoms with van der Waals surface area (Å²) in [6, 6.07) is 3.28.